The van der Waals surface area contributed by atoms with Crippen molar-refractivity contribution in [1.29, 1.82) is 0 Å². The monoisotopic (exact) mass is 253 g/mol. The van der Waals surface area contributed by atoms with Gasteiger partial charge in [-0.1, -0.05) is 30.3 Å². The van der Waals surface area contributed by atoms with Gasteiger partial charge in [0, 0.05) is 16.9 Å². The number of hydrogen-bond donors (Lipinski definition) is 1. The Bertz CT molecular complexity index is 570. The molecule has 19 heavy (non-hydrogen) atoms. The molecule has 0 saturated carbocycles. The zero-order valence-corrected chi connectivity index (χ0v) is 11.6. The van der Waals surface area contributed by atoms with Crippen molar-refractivity contribution >= 4 is 11.4 Å². The molecule has 0 radical (unpaired) electrons. The van der Waals surface area contributed by atoms with Crippen LogP contribution >= 0.6 is 0 Å². The van der Waals surface area contributed by atoms with E-state index >= 15 is 0 Å². The zero-order valence-electron chi connectivity index (χ0n) is 11.6. The van der Waals surface area contributed by atoms with E-state index in [0.717, 1.165) is 17.1 Å². The number of allylic oxidation sites excluding steroid dienone is 1. The first-order valence-electron chi connectivity index (χ1n) is 6.38. The standard InChI is InChI=1S/C17H19NO/c1-4-17(16-8-6-5-7-13(16)2)18-14-9-11-15(19-3)12-10-14/h4-12,18H,1-3H3/b17-4+. The summed E-state index contributed by atoms with van der Waals surface area (Å²) >= 11 is 0. The molecule has 0 aromatic heterocycles. The largest absolute Gasteiger partial charge is 0.497 e. The number of rotatable bonds is 4. The van der Waals surface area contributed by atoms with Crippen LogP contribution in [0.1, 0.15) is 18.1 Å². The third kappa shape index (κ3) is 3.16. The Balaban J connectivity index is 2.22. The van der Waals surface area contributed by atoms with E-state index in [1.165, 1.54) is 11.1 Å². The lowest BCUT2D eigenvalue weighted by Crippen LogP contribution is -2.00. The summed E-state index contributed by atoms with van der Waals surface area (Å²) in [5.74, 6) is 0.864. The molecule has 0 amide bonds. The highest BCUT2D eigenvalue weighted by Gasteiger charge is 2.04. The molecule has 0 aliphatic carbocycles. The van der Waals surface area contributed by atoms with Crippen LogP contribution in [0.15, 0.2) is 54.6 Å². The Hall–Kier alpha value is -2.22. The quantitative estimate of drug-likeness (QED) is 0.867. The maximum absolute atomic E-state index is 5.16. The van der Waals surface area contributed by atoms with Gasteiger partial charge in [0.15, 0.2) is 0 Å². The van der Waals surface area contributed by atoms with Crippen molar-refractivity contribution < 1.29 is 4.74 Å². The van der Waals surface area contributed by atoms with Gasteiger partial charge in [0.1, 0.15) is 5.75 Å². The number of nitrogens with one attached hydrogen (secondary N) is 1. The molecule has 2 heteroatoms. The van der Waals surface area contributed by atoms with E-state index in [-0.39, 0.29) is 0 Å². The molecule has 2 nitrogen and oxygen atoms in total. The van der Waals surface area contributed by atoms with Crippen LogP contribution in [0.5, 0.6) is 5.75 Å². The van der Waals surface area contributed by atoms with Crippen LogP contribution < -0.4 is 10.1 Å². The average Bonchev–Trinajstić information content (AvgIpc) is 2.46. The molecule has 0 aliphatic heterocycles. The minimum Gasteiger partial charge on any atom is -0.497 e. The molecule has 0 bridgehead atoms. The second kappa shape index (κ2) is 6.10. The summed E-state index contributed by atoms with van der Waals surface area (Å²) in [5, 5.41) is 3.44. The molecule has 1 N–H and O–H groups in total. The lowest BCUT2D eigenvalue weighted by Gasteiger charge is -2.13. The molecule has 0 aliphatic rings. The Morgan fingerprint density at radius 1 is 1.05 bits per heavy atom. The summed E-state index contributed by atoms with van der Waals surface area (Å²) in [6, 6.07) is 16.3. The Morgan fingerprint density at radius 3 is 2.32 bits per heavy atom. The minimum absolute atomic E-state index is 0.864. The highest BCUT2D eigenvalue weighted by atomic mass is 16.5. The molecule has 0 saturated heterocycles. The first-order chi connectivity index (χ1) is 9.24. The normalized spacial score (nSPS) is 11.2. The number of ether oxygens (including phenoxy) is 1. The Morgan fingerprint density at radius 2 is 1.74 bits per heavy atom. The molecule has 2 rings (SSSR count). The number of hydrogen-bond acceptors (Lipinski definition) is 2. The number of aryl methyl sites for hydroxylation is 1. The highest BCUT2D eigenvalue weighted by Crippen LogP contribution is 2.23. The van der Waals surface area contributed by atoms with Gasteiger partial charge in [-0.3, -0.25) is 0 Å². The molecule has 0 spiro atoms. The summed E-state index contributed by atoms with van der Waals surface area (Å²) in [7, 11) is 1.67. The molecule has 98 valence electrons. The van der Waals surface area contributed by atoms with E-state index in [1.807, 2.05) is 31.2 Å². The highest BCUT2D eigenvalue weighted by molar-refractivity contribution is 5.78. The summed E-state index contributed by atoms with van der Waals surface area (Å²) in [4.78, 5) is 0. The summed E-state index contributed by atoms with van der Waals surface area (Å²) in [5.41, 5.74) is 4.65. The predicted molar refractivity (Wildman–Crippen MR) is 81.4 cm³/mol. The van der Waals surface area contributed by atoms with Crippen LogP contribution in [-0.2, 0) is 0 Å². The summed E-state index contributed by atoms with van der Waals surface area (Å²) in [6.07, 6.45) is 2.09. The second-order valence-electron chi connectivity index (χ2n) is 4.37. The lowest BCUT2D eigenvalue weighted by atomic mass is 10.1. The topological polar surface area (TPSA) is 21.3 Å². The van der Waals surface area contributed by atoms with Crippen molar-refractivity contribution in [3.8, 4) is 5.75 Å². The predicted octanol–water partition coefficient (Wildman–Crippen LogP) is 4.48. The van der Waals surface area contributed by atoms with Crippen molar-refractivity contribution in [2.24, 2.45) is 0 Å². The van der Waals surface area contributed by atoms with E-state index in [1.54, 1.807) is 7.11 Å². The molecule has 0 unspecified atom stereocenters. The third-order valence-electron chi connectivity index (χ3n) is 3.09. The third-order valence-corrected chi connectivity index (χ3v) is 3.09. The van der Waals surface area contributed by atoms with E-state index in [2.05, 4.69) is 42.6 Å². The van der Waals surface area contributed by atoms with Crippen molar-refractivity contribution in [1.82, 2.24) is 0 Å². The maximum atomic E-state index is 5.16. The van der Waals surface area contributed by atoms with Crippen molar-refractivity contribution in [2.75, 3.05) is 12.4 Å². The minimum atomic E-state index is 0.864. The van der Waals surface area contributed by atoms with Gasteiger partial charge in [-0.25, -0.2) is 0 Å². The first kappa shape index (κ1) is 13.2. The van der Waals surface area contributed by atoms with E-state index < -0.39 is 0 Å². The lowest BCUT2D eigenvalue weighted by molar-refractivity contribution is 0.415. The van der Waals surface area contributed by atoms with Crippen LogP contribution in [0.4, 0.5) is 5.69 Å². The van der Waals surface area contributed by atoms with Gasteiger partial charge >= 0.3 is 0 Å². The fourth-order valence-electron chi connectivity index (χ4n) is 2.00. The SMILES string of the molecule is C/C=C(/Nc1ccc(OC)cc1)c1ccccc1C. The van der Waals surface area contributed by atoms with Crippen LogP contribution in [0, 0.1) is 6.92 Å². The average molecular weight is 253 g/mol. The van der Waals surface area contributed by atoms with Crippen molar-refractivity contribution in [3.63, 3.8) is 0 Å². The van der Waals surface area contributed by atoms with Crippen molar-refractivity contribution in [3.05, 3.63) is 65.7 Å². The summed E-state index contributed by atoms with van der Waals surface area (Å²) < 4.78 is 5.16. The Labute approximate surface area is 114 Å². The van der Waals surface area contributed by atoms with E-state index in [0.29, 0.717) is 0 Å². The van der Waals surface area contributed by atoms with E-state index in [4.69, 9.17) is 4.74 Å². The van der Waals surface area contributed by atoms with Gasteiger partial charge in [0.2, 0.25) is 0 Å². The van der Waals surface area contributed by atoms with E-state index in [9.17, 15) is 0 Å². The molecule has 2 aromatic rings. The van der Waals surface area contributed by atoms with Gasteiger partial charge in [-0.2, -0.15) is 0 Å². The smallest absolute Gasteiger partial charge is 0.119 e. The maximum Gasteiger partial charge on any atom is 0.119 e. The van der Waals surface area contributed by atoms with Gasteiger partial charge in [-0.15, -0.1) is 0 Å². The summed E-state index contributed by atoms with van der Waals surface area (Å²) in [6.45, 7) is 4.16. The second-order valence-corrected chi connectivity index (χ2v) is 4.37. The number of anilines is 1. The molecule has 0 fully saturated rings. The fourth-order valence-corrected chi connectivity index (χ4v) is 2.00. The molecule has 0 heterocycles. The molecule has 2 aromatic carbocycles. The fraction of sp³-hybridized carbons (Fsp3) is 0.176. The van der Waals surface area contributed by atoms with Gasteiger partial charge in [0.05, 0.1) is 7.11 Å². The molecular weight excluding hydrogens is 234 g/mol. The number of benzene rings is 2. The van der Waals surface area contributed by atoms with Crippen LogP contribution in [-0.4, -0.2) is 7.11 Å². The van der Waals surface area contributed by atoms with Crippen molar-refractivity contribution in [2.45, 2.75) is 13.8 Å². The van der Waals surface area contributed by atoms with Gasteiger partial charge < -0.3 is 10.1 Å². The van der Waals surface area contributed by atoms with Gasteiger partial charge in [-0.05, 0) is 43.7 Å². The first-order valence-corrected chi connectivity index (χ1v) is 6.38. The van der Waals surface area contributed by atoms with Crippen LogP contribution in [0.25, 0.3) is 5.70 Å². The number of methoxy groups -OCH3 is 1. The van der Waals surface area contributed by atoms with Crippen LogP contribution in [0.2, 0.25) is 0 Å². The van der Waals surface area contributed by atoms with Crippen LogP contribution in [0.3, 0.4) is 0 Å². The zero-order chi connectivity index (χ0) is 13.7. The molecular formula is C17H19NO. The Kier molecular flexibility index (Phi) is 4.24. The molecule has 0 atom stereocenters. The van der Waals surface area contributed by atoms with Gasteiger partial charge in [0.25, 0.3) is 0 Å².